The van der Waals surface area contributed by atoms with Gasteiger partial charge in [0.25, 0.3) is 0 Å². The Morgan fingerprint density at radius 3 is 0.548 bits per heavy atom. The Kier molecular flexibility index (Phi) is 49.3. The second-order valence-electron chi connectivity index (χ2n) is 26.6. The zero-order valence-corrected chi connectivity index (χ0v) is 60.7. The van der Waals surface area contributed by atoms with Crippen LogP contribution in [0.5, 0.6) is 34.5 Å². The van der Waals surface area contributed by atoms with E-state index in [0.29, 0.717) is 57.5 Å². The number of rotatable bonds is 66. The normalized spacial score (nSPS) is 11.3. The van der Waals surface area contributed by atoms with Crippen LogP contribution in [0.25, 0.3) is 0 Å². The van der Waals surface area contributed by atoms with Gasteiger partial charge in [0.15, 0.2) is 34.5 Å². The van der Waals surface area contributed by atoms with E-state index in [2.05, 4.69) is 57.5 Å². The van der Waals surface area contributed by atoms with Crippen molar-refractivity contribution in [2.24, 2.45) is 0 Å². The monoisotopic (exact) mass is 1290 g/mol. The van der Waals surface area contributed by atoms with Crippen molar-refractivity contribution < 1.29 is 28.4 Å². The van der Waals surface area contributed by atoms with Crippen LogP contribution in [0.1, 0.15) is 350 Å². The van der Waals surface area contributed by atoms with E-state index >= 15 is 0 Å². The van der Waals surface area contributed by atoms with Gasteiger partial charge in [0.2, 0.25) is 17.8 Å². The van der Waals surface area contributed by atoms with E-state index in [1.165, 1.54) is 250 Å². The summed E-state index contributed by atoms with van der Waals surface area (Å²) in [5.74, 6) is 5.56. The Labute approximate surface area is 569 Å². The van der Waals surface area contributed by atoms with Gasteiger partial charge in [0.05, 0.1) is 39.6 Å². The van der Waals surface area contributed by atoms with Crippen molar-refractivity contribution in [3.05, 3.63) is 54.6 Å². The van der Waals surface area contributed by atoms with Crippen LogP contribution in [-0.4, -0.2) is 54.6 Å². The molecule has 0 atom stereocenters. The first-order valence-electron chi connectivity index (χ1n) is 39.3. The Balaban J connectivity index is 1.64. The molecule has 0 unspecified atom stereocenters. The summed E-state index contributed by atoms with van der Waals surface area (Å²) >= 11 is 0. The SMILES string of the molecule is CCCCCCCCCCOc1ccc(Nc2nc(Nc3ccc(OCCCCCCCCCC)c(OCCCCCCCCCC)c3)nc(Nc3ccc(OCCCCCCCCCC)c(OCCCCCCCCCC)c3)n2)cc1OCCCCCCCCCC. The fourth-order valence-electron chi connectivity index (χ4n) is 11.9. The van der Waals surface area contributed by atoms with Crippen molar-refractivity contribution in [3.8, 4) is 34.5 Å². The lowest BCUT2D eigenvalue weighted by Crippen LogP contribution is -2.09. The third-order valence-electron chi connectivity index (χ3n) is 17.8. The molecule has 12 heteroatoms. The number of hydrogen-bond acceptors (Lipinski definition) is 12. The quantitative estimate of drug-likeness (QED) is 0.0364. The average Bonchev–Trinajstić information content (AvgIpc) is 1.05. The summed E-state index contributed by atoms with van der Waals surface area (Å²) in [5.41, 5.74) is 2.35. The Hall–Kier alpha value is -5.13. The van der Waals surface area contributed by atoms with E-state index in [9.17, 15) is 0 Å². The number of hydrogen-bond donors (Lipinski definition) is 3. The molecule has 1 heterocycles. The number of anilines is 6. The zero-order valence-electron chi connectivity index (χ0n) is 60.7. The van der Waals surface area contributed by atoms with Crippen LogP contribution in [0, 0.1) is 0 Å². The molecule has 0 saturated heterocycles. The Morgan fingerprint density at radius 2 is 0.366 bits per heavy atom. The smallest absolute Gasteiger partial charge is 0.233 e. The maximum atomic E-state index is 6.60. The van der Waals surface area contributed by atoms with E-state index < -0.39 is 0 Å². The third kappa shape index (κ3) is 40.8. The van der Waals surface area contributed by atoms with E-state index in [0.717, 1.165) is 109 Å². The van der Waals surface area contributed by atoms with Gasteiger partial charge in [-0.2, -0.15) is 15.0 Å². The number of unbranched alkanes of at least 4 members (excludes halogenated alkanes) is 42. The summed E-state index contributed by atoms with van der Waals surface area (Å²) in [6.45, 7) is 17.5. The first kappa shape index (κ1) is 80.3. The van der Waals surface area contributed by atoms with E-state index in [4.69, 9.17) is 43.4 Å². The highest BCUT2D eigenvalue weighted by molar-refractivity contribution is 5.66. The number of nitrogens with one attached hydrogen (secondary N) is 3. The van der Waals surface area contributed by atoms with Crippen LogP contribution in [0.3, 0.4) is 0 Å². The number of nitrogens with zero attached hydrogens (tertiary/aromatic N) is 3. The summed E-state index contributed by atoms with van der Waals surface area (Å²) in [6.07, 6.45) is 59.8. The summed E-state index contributed by atoms with van der Waals surface area (Å²) in [7, 11) is 0. The fraction of sp³-hybridized carbons (Fsp3) is 0.741. The molecule has 0 radical (unpaired) electrons. The molecule has 93 heavy (non-hydrogen) atoms. The highest BCUT2D eigenvalue weighted by Crippen LogP contribution is 2.36. The van der Waals surface area contributed by atoms with Crippen LogP contribution in [0.15, 0.2) is 54.6 Å². The second-order valence-corrected chi connectivity index (χ2v) is 26.6. The van der Waals surface area contributed by atoms with Crippen molar-refractivity contribution in [3.63, 3.8) is 0 Å². The van der Waals surface area contributed by atoms with Crippen molar-refractivity contribution in [1.29, 1.82) is 0 Å². The van der Waals surface area contributed by atoms with Crippen LogP contribution in [0.4, 0.5) is 34.9 Å². The third-order valence-corrected chi connectivity index (χ3v) is 17.8. The summed E-state index contributed by atoms with van der Waals surface area (Å²) in [6, 6.07) is 18.3. The molecule has 4 aromatic rings. The van der Waals surface area contributed by atoms with Gasteiger partial charge in [-0.3, -0.25) is 0 Å². The molecule has 1 aromatic heterocycles. The second kappa shape index (κ2) is 57.1. The molecule has 0 fully saturated rings. The average molecular weight is 1290 g/mol. The largest absolute Gasteiger partial charge is 0.490 e. The van der Waals surface area contributed by atoms with Gasteiger partial charge >= 0.3 is 0 Å². The van der Waals surface area contributed by atoms with Gasteiger partial charge in [0.1, 0.15) is 0 Å². The highest BCUT2D eigenvalue weighted by atomic mass is 16.5. The maximum Gasteiger partial charge on any atom is 0.233 e. The number of aromatic nitrogens is 3. The standard InChI is InChI=1S/C81H138N6O6/c1-7-13-19-25-31-37-43-49-61-88-73-58-55-70(67-76(73)91-64-52-46-40-34-28-22-16-10-4)82-79-85-80(83-71-56-59-74(89-62-50-44-38-32-26-20-14-8-2)77(68-71)92-65-53-47-41-35-29-23-17-11-5)87-81(86-79)84-72-57-60-75(90-63-51-45-39-33-27-21-15-9-3)78(69-72)93-66-54-48-42-36-30-24-18-12-6/h55-60,67-69H,7-54,61-66H2,1-6H3,(H3,82,83,84,85,86,87). The van der Waals surface area contributed by atoms with E-state index in [1.807, 2.05) is 54.6 Å². The molecule has 0 saturated carbocycles. The number of ether oxygens (including phenoxy) is 6. The number of benzene rings is 3. The zero-order chi connectivity index (χ0) is 66.0. The first-order valence-corrected chi connectivity index (χ1v) is 39.3. The molecule has 0 aliphatic heterocycles. The molecule has 0 amide bonds. The molecule has 4 rings (SSSR count). The van der Waals surface area contributed by atoms with Crippen LogP contribution < -0.4 is 44.4 Å². The topological polar surface area (TPSA) is 130 Å². The fourth-order valence-corrected chi connectivity index (χ4v) is 11.9. The molecule has 0 aliphatic carbocycles. The molecule has 528 valence electrons. The minimum Gasteiger partial charge on any atom is -0.490 e. The predicted molar refractivity (Wildman–Crippen MR) is 398 cm³/mol. The van der Waals surface area contributed by atoms with Crippen LogP contribution in [0.2, 0.25) is 0 Å². The summed E-state index contributed by atoms with van der Waals surface area (Å²) < 4.78 is 39.3. The van der Waals surface area contributed by atoms with Gasteiger partial charge in [-0.25, -0.2) is 0 Å². The Bertz CT molecular complexity index is 2100. The van der Waals surface area contributed by atoms with Crippen LogP contribution in [-0.2, 0) is 0 Å². The highest BCUT2D eigenvalue weighted by Gasteiger charge is 2.16. The molecule has 0 spiro atoms. The van der Waals surface area contributed by atoms with Crippen molar-refractivity contribution >= 4 is 34.9 Å². The minimum atomic E-state index is 0.365. The minimum absolute atomic E-state index is 0.365. The summed E-state index contributed by atoms with van der Waals surface area (Å²) in [5, 5.41) is 10.7. The van der Waals surface area contributed by atoms with Crippen molar-refractivity contribution in [1.82, 2.24) is 15.0 Å². The molecular weight excluding hydrogens is 1150 g/mol. The molecule has 3 aromatic carbocycles. The maximum absolute atomic E-state index is 6.60. The lowest BCUT2D eigenvalue weighted by Gasteiger charge is -2.17. The van der Waals surface area contributed by atoms with Crippen molar-refractivity contribution in [2.75, 3.05) is 55.6 Å². The van der Waals surface area contributed by atoms with Gasteiger partial charge in [-0.1, -0.05) is 311 Å². The van der Waals surface area contributed by atoms with Crippen LogP contribution >= 0.6 is 0 Å². The first-order chi connectivity index (χ1) is 46.0. The molecule has 0 aliphatic rings. The lowest BCUT2D eigenvalue weighted by atomic mass is 10.1. The van der Waals surface area contributed by atoms with E-state index in [1.54, 1.807) is 0 Å². The van der Waals surface area contributed by atoms with Crippen molar-refractivity contribution in [2.45, 2.75) is 350 Å². The summed E-state index contributed by atoms with van der Waals surface area (Å²) in [4.78, 5) is 15.1. The van der Waals surface area contributed by atoms with Gasteiger partial charge in [-0.05, 0) is 74.9 Å². The molecule has 12 nitrogen and oxygen atoms in total. The molecular formula is C81H138N6O6. The molecule has 0 bridgehead atoms. The van der Waals surface area contributed by atoms with Gasteiger partial charge in [0, 0.05) is 35.3 Å². The van der Waals surface area contributed by atoms with E-state index in [-0.39, 0.29) is 0 Å². The lowest BCUT2D eigenvalue weighted by molar-refractivity contribution is 0.258. The molecule has 3 N–H and O–H groups in total. The van der Waals surface area contributed by atoms with Gasteiger partial charge in [-0.15, -0.1) is 0 Å². The Morgan fingerprint density at radius 1 is 0.204 bits per heavy atom. The predicted octanol–water partition coefficient (Wildman–Crippen LogP) is 26.2. The van der Waals surface area contributed by atoms with Gasteiger partial charge < -0.3 is 44.4 Å².